The fourth-order valence-corrected chi connectivity index (χ4v) is 1.63. The van der Waals surface area contributed by atoms with Gasteiger partial charge in [0.1, 0.15) is 6.61 Å². The number of ether oxygens (including phenoxy) is 3. The standard InChI is InChI=1S/C14H18F3NO4/c1-20-11-4-3-10(7-12(11)21-2)8-18-13(19)5-6-22-9-14(15,16)17/h3-4,7H,5-6,8-9H2,1-2H3,(H,18,19). The van der Waals surface area contributed by atoms with Gasteiger partial charge in [-0.1, -0.05) is 6.07 Å². The predicted molar refractivity (Wildman–Crippen MR) is 72.9 cm³/mol. The molecule has 124 valence electrons. The summed E-state index contributed by atoms with van der Waals surface area (Å²) in [6.45, 7) is -1.40. The Morgan fingerprint density at radius 1 is 1.18 bits per heavy atom. The third kappa shape index (κ3) is 6.66. The second-order valence-electron chi connectivity index (χ2n) is 4.38. The van der Waals surface area contributed by atoms with Crippen LogP contribution in [0, 0.1) is 0 Å². The molecule has 0 atom stereocenters. The minimum absolute atomic E-state index is 0.136. The molecule has 1 aromatic rings. The number of alkyl halides is 3. The van der Waals surface area contributed by atoms with Gasteiger partial charge in [-0.3, -0.25) is 4.79 Å². The molecule has 1 N–H and O–H groups in total. The zero-order chi connectivity index (χ0) is 16.6. The van der Waals surface area contributed by atoms with Gasteiger partial charge in [-0.05, 0) is 17.7 Å². The number of carbonyl (C=O) groups is 1. The first-order chi connectivity index (χ1) is 10.4. The van der Waals surface area contributed by atoms with E-state index in [1.54, 1.807) is 18.2 Å². The average Bonchev–Trinajstić information content (AvgIpc) is 2.48. The van der Waals surface area contributed by atoms with E-state index in [9.17, 15) is 18.0 Å². The van der Waals surface area contributed by atoms with Crippen molar-refractivity contribution < 1.29 is 32.2 Å². The Hall–Kier alpha value is -1.96. The molecule has 0 aromatic heterocycles. The van der Waals surface area contributed by atoms with Crippen molar-refractivity contribution in [3.8, 4) is 11.5 Å². The van der Waals surface area contributed by atoms with Crippen LogP contribution in [-0.2, 0) is 16.1 Å². The van der Waals surface area contributed by atoms with E-state index in [2.05, 4.69) is 10.1 Å². The number of amides is 1. The highest BCUT2D eigenvalue weighted by atomic mass is 19.4. The van der Waals surface area contributed by atoms with Gasteiger partial charge < -0.3 is 19.5 Å². The van der Waals surface area contributed by atoms with Crippen molar-refractivity contribution in [1.29, 1.82) is 0 Å². The third-order valence-corrected chi connectivity index (χ3v) is 2.68. The van der Waals surface area contributed by atoms with E-state index in [-0.39, 0.29) is 19.6 Å². The summed E-state index contributed by atoms with van der Waals surface area (Å²) in [5.41, 5.74) is 0.780. The molecular weight excluding hydrogens is 303 g/mol. The van der Waals surface area contributed by atoms with Crippen molar-refractivity contribution in [3.05, 3.63) is 23.8 Å². The average molecular weight is 321 g/mol. The first-order valence-corrected chi connectivity index (χ1v) is 6.48. The largest absolute Gasteiger partial charge is 0.493 e. The Balaban J connectivity index is 2.35. The molecule has 22 heavy (non-hydrogen) atoms. The van der Waals surface area contributed by atoms with Gasteiger partial charge in [0.25, 0.3) is 0 Å². The van der Waals surface area contributed by atoms with Gasteiger partial charge >= 0.3 is 6.18 Å². The van der Waals surface area contributed by atoms with Crippen LogP contribution in [0.15, 0.2) is 18.2 Å². The van der Waals surface area contributed by atoms with Crippen molar-refractivity contribution in [2.75, 3.05) is 27.4 Å². The highest BCUT2D eigenvalue weighted by molar-refractivity contribution is 5.75. The second kappa shape index (κ2) is 8.47. The van der Waals surface area contributed by atoms with Crippen molar-refractivity contribution in [1.82, 2.24) is 5.32 Å². The van der Waals surface area contributed by atoms with Crippen molar-refractivity contribution >= 4 is 5.91 Å². The van der Waals surface area contributed by atoms with Gasteiger partial charge in [-0.2, -0.15) is 13.2 Å². The summed E-state index contributed by atoms with van der Waals surface area (Å²) in [6, 6.07) is 5.16. The SMILES string of the molecule is COc1ccc(CNC(=O)CCOCC(F)(F)F)cc1OC. The van der Waals surface area contributed by atoms with Gasteiger partial charge in [0.15, 0.2) is 11.5 Å². The molecule has 1 rings (SSSR count). The molecule has 0 radical (unpaired) electrons. The molecular formula is C14H18F3NO4. The Kier molecular flexibility index (Phi) is 6.97. The Bertz CT molecular complexity index is 491. The molecule has 1 amide bonds. The predicted octanol–water partition coefficient (Wildman–Crippen LogP) is 2.29. The number of hydrogen-bond donors (Lipinski definition) is 1. The van der Waals surface area contributed by atoms with Crippen molar-refractivity contribution in [2.24, 2.45) is 0 Å². The summed E-state index contributed by atoms with van der Waals surface area (Å²) in [5, 5.41) is 2.59. The second-order valence-corrected chi connectivity index (χ2v) is 4.38. The topological polar surface area (TPSA) is 56.8 Å². The number of carbonyl (C=O) groups excluding carboxylic acids is 1. The number of halogens is 3. The van der Waals surface area contributed by atoms with Gasteiger partial charge in [-0.15, -0.1) is 0 Å². The van der Waals surface area contributed by atoms with Crippen LogP contribution < -0.4 is 14.8 Å². The number of hydrogen-bond acceptors (Lipinski definition) is 4. The van der Waals surface area contributed by atoms with E-state index in [0.29, 0.717) is 11.5 Å². The molecule has 0 aliphatic carbocycles. The fraction of sp³-hybridized carbons (Fsp3) is 0.500. The summed E-state index contributed by atoms with van der Waals surface area (Å²) in [7, 11) is 3.01. The number of nitrogens with one attached hydrogen (secondary N) is 1. The summed E-state index contributed by atoms with van der Waals surface area (Å²) >= 11 is 0. The van der Waals surface area contributed by atoms with Gasteiger partial charge in [-0.25, -0.2) is 0 Å². The fourth-order valence-electron chi connectivity index (χ4n) is 1.63. The van der Waals surface area contributed by atoms with Gasteiger partial charge in [0.05, 0.1) is 20.8 Å². The summed E-state index contributed by atoms with van der Waals surface area (Å²) in [4.78, 5) is 11.5. The third-order valence-electron chi connectivity index (χ3n) is 2.68. The normalized spacial score (nSPS) is 11.1. The Labute approximate surface area is 126 Å². The quantitative estimate of drug-likeness (QED) is 0.747. The van der Waals surface area contributed by atoms with E-state index in [1.165, 1.54) is 14.2 Å². The minimum Gasteiger partial charge on any atom is -0.493 e. The molecule has 0 aliphatic heterocycles. The van der Waals surface area contributed by atoms with Crippen LogP contribution in [0.1, 0.15) is 12.0 Å². The zero-order valence-corrected chi connectivity index (χ0v) is 12.3. The smallest absolute Gasteiger partial charge is 0.411 e. The van der Waals surface area contributed by atoms with Crippen LogP contribution >= 0.6 is 0 Å². The van der Waals surface area contributed by atoms with Crippen molar-refractivity contribution in [3.63, 3.8) is 0 Å². The molecule has 8 heteroatoms. The monoisotopic (exact) mass is 321 g/mol. The zero-order valence-electron chi connectivity index (χ0n) is 12.3. The van der Waals surface area contributed by atoms with Crippen LogP contribution in [0.5, 0.6) is 11.5 Å². The Morgan fingerprint density at radius 3 is 2.45 bits per heavy atom. The summed E-state index contributed by atoms with van der Waals surface area (Å²) in [5.74, 6) is 0.706. The van der Waals surface area contributed by atoms with Crippen molar-refractivity contribution in [2.45, 2.75) is 19.1 Å². The Morgan fingerprint density at radius 2 is 1.86 bits per heavy atom. The molecule has 1 aromatic carbocycles. The van der Waals surface area contributed by atoms with E-state index in [0.717, 1.165) is 5.56 Å². The van der Waals surface area contributed by atoms with Crippen LogP contribution in [0.4, 0.5) is 13.2 Å². The van der Waals surface area contributed by atoms with E-state index >= 15 is 0 Å². The van der Waals surface area contributed by atoms with Crippen LogP contribution in [0.2, 0.25) is 0 Å². The lowest BCUT2D eigenvalue weighted by molar-refractivity contribution is -0.174. The molecule has 0 saturated heterocycles. The van der Waals surface area contributed by atoms with Crippen LogP contribution in [-0.4, -0.2) is 39.5 Å². The van der Waals surface area contributed by atoms with E-state index in [1.807, 2.05) is 0 Å². The lowest BCUT2D eigenvalue weighted by Crippen LogP contribution is -2.25. The number of methoxy groups -OCH3 is 2. The molecule has 5 nitrogen and oxygen atoms in total. The lowest BCUT2D eigenvalue weighted by Gasteiger charge is -2.11. The molecule has 0 spiro atoms. The first kappa shape index (κ1) is 18.1. The first-order valence-electron chi connectivity index (χ1n) is 6.48. The maximum atomic E-state index is 11.8. The molecule has 0 unspecified atom stereocenters. The van der Waals surface area contributed by atoms with Gasteiger partial charge in [0, 0.05) is 13.0 Å². The highest BCUT2D eigenvalue weighted by Crippen LogP contribution is 2.27. The van der Waals surface area contributed by atoms with Gasteiger partial charge in [0.2, 0.25) is 5.91 Å². The number of benzene rings is 1. The van der Waals surface area contributed by atoms with E-state index < -0.39 is 18.7 Å². The minimum atomic E-state index is -4.38. The molecule has 0 bridgehead atoms. The molecule has 0 fully saturated rings. The van der Waals surface area contributed by atoms with Crippen LogP contribution in [0.3, 0.4) is 0 Å². The van der Waals surface area contributed by atoms with E-state index in [4.69, 9.17) is 9.47 Å². The molecule has 0 saturated carbocycles. The summed E-state index contributed by atoms with van der Waals surface area (Å²) < 4.78 is 50.1. The highest BCUT2D eigenvalue weighted by Gasteiger charge is 2.27. The maximum Gasteiger partial charge on any atom is 0.411 e. The summed E-state index contributed by atoms with van der Waals surface area (Å²) in [6.07, 6.45) is -4.51. The maximum absolute atomic E-state index is 11.8. The lowest BCUT2D eigenvalue weighted by atomic mass is 10.2. The number of rotatable bonds is 8. The molecule has 0 heterocycles. The van der Waals surface area contributed by atoms with Crippen LogP contribution in [0.25, 0.3) is 0 Å². The molecule has 0 aliphatic rings.